The maximum absolute atomic E-state index is 11.8. The molecule has 2 N–H and O–H groups in total. The van der Waals surface area contributed by atoms with Gasteiger partial charge in [-0.25, -0.2) is 0 Å². The summed E-state index contributed by atoms with van der Waals surface area (Å²) in [5, 5.41) is 21.8. The molecule has 0 aromatic heterocycles. The van der Waals surface area contributed by atoms with Crippen LogP contribution in [0.25, 0.3) is 0 Å². The van der Waals surface area contributed by atoms with E-state index in [-0.39, 0.29) is 12.5 Å². The highest BCUT2D eigenvalue weighted by Crippen LogP contribution is 2.12. The molecule has 0 unspecified atom stereocenters. The number of hydrogen-bond donors (Lipinski definition) is 2. The van der Waals surface area contributed by atoms with Crippen LogP contribution in [0.15, 0.2) is 24.3 Å². The van der Waals surface area contributed by atoms with Crippen LogP contribution in [0.1, 0.15) is 5.56 Å². The fourth-order valence-corrected chi connectivity index (χ4v) is 2.85. The van der Waals surface area contributed by atoms with E-state index in [9.17, 15) is 9.90 Å². The first-order valence-corrected chi connectivity index (χ1v) is 9.12. The number of benzene rings is 1. The zero-order valence-electron chi connectivity index (χ0n) is 15.8. The molecule has 1 aromatic rings. The number of rotatable bonds is 10. The molecule has 8 heteroatoms. The molecule has 0 spiro atoms. The molecule has 0 aliphatic carbocycles. The fourth-order valence-electron chi connectivity index (χ4n) is 2.85. The van der Waals surface area contributed by atoms with E-state index in [1.54, 1.807) is 31.4 Å². The number of ether oxygens (including phenoxy) is 2. The Morgan fingerprint density at radius 3 is 2.56 bits per heavy atom. The molecule has 1 aliphatic heterocycles. The number of nitrogens with one attached hydrogen (secondary N) is 1. The van der Waals surface area contributed by atoms with Gasteiger partial charge in [-0.2, -0.15) is 5.26 Å². The van der Waals surface area contributed by atoms with Gasteiger partial charge < -0.3 is 19.9 Å². The monoisotopic (exact) mass is 376 g/mol. The topological polar surface area (TPSA) is 98.1 Å². The Morgan fingerprint density at radius 2 is 1.93 bits per heavy atom. The lowest BCUT2D eigenvalue weighted by atomic mass is 10.2. The van der Waals surface area contributed by atoms with E-state index >= 15 is 0 Å². The lowest BCUT2D eigenvalue weighted by Crippen LogP contribution is -2.51. The van der Waals surface area contributed by atoms with Gasteiger partial charge in [-0.15, -0.1) is 0 Å². The molecule has 1 heterocycles. The van der Waals surface area contributed by atoms with E-state index in [0.29, 0.717) is 37.6 Å². The number of β-amino-alcohol motifs (C(OH)–C–C–N with tert-alkyl or cyclic N) is 1. The van der Waals surface area contributed by atoms with Gasteiger partial charge in [0, 0.05) is 46.4 Å². The van der Waals surface area contributed by atoms with Crippen molar-refractivity contribution < 1.29 is 19.4 Å². The van der Waals surface area contributed by atoms with E-state index in [0.717, 1.165) is 26.2 Å². The van der Waals surface area contributed by atoms with Gasteiger partial charge in [-0.05, 0) is 24.3 Å². The van der Waals surface area contributed by atoms with Gasteiger partial charge in [0.05, 0.1) is 24.8 Å². The van der Waals surface area contributed by atoms with Crippen LogP contribution in [0.2, 0.25) is 0 Å². The highest BCUT2D eigenvalue weighted by atomic mass is 16.5. The maximum atomic E-state index is 11.8. The van der Waals surface area contributed by atoms with Crippen molar-refractivity contribution in [3.8, 4) is 11.8 Å². The SMILES string of the molecule is COCCNC(=O)CN1CCN(C[C@H](O)COc2ccc(C#N)cc2)CC1. The lowest BCUT2D eigenvalue weighted by molar-refractivity contribution is -0.122. The molecular weight excluding hydrogens is 348 g/mol. The molecule has 148 valence electrons. The van der Waals surface area contributed by atoms with Gasteiger partial charge in [0.1, 0.15) is 18.5 Å². The first-order valence-electron chi connectivity index (χ1n) is 9.12. The standard InChI is InChI=1S/C19H28N4O4/c1-26-11-6-21-19(25)14-23-9-7-22(8-10-23)13-17(24)15-27-18-4-2-16(12-20)3-5-18/h2-5,17,24H,6-11,13-15H2,1H3,(H,21,25)/t17-/m0/s1. The highest BCUT2D eigenvalue weighted by molar-refractivity contribution is 5.78. The van der Waals surface area contributed by atoms with Crippen LogP contribution < -0.4 is 10.1 Å². The van der Waals surface area contributed by atoms with Crippen molar-refractivity contribution in [3.05, 3.63) is 29.8 Å². The number of aliphatic hydroxyl groups is 1. The van der Waals surface area contributed by atoms with Gasteiger partial charge >= 0.3 is 0 Å². The molecule has 2 rings (SSSR count). The second-order valence-corrected chi connectivity index (χ2v) is 6.52. The van der Waals surface area contributed by atoms with E-state index < -0.39 is 6.10 Å². The number of carbonyl (C=O) groups is 1. The first-order chi connectivity index (χ1) is 13.1. The summed E-state index contributed by atoms with van der Waals surface area (Å²) in [7, 11) is 1.61. The van der Waals surface area contributed by atoms with Crippen LogP contribution in [0.3, 0.4) is 0 Å². The largest absolute Gasteiger partial charge is 0.491 e. The zero-order valence-corrected chi connectivity index (χ0v) is 15.8. The van der Waals surface area contributed by atoms with Crippen molar-refractivity contribution >= 4 is 5.91 Å². The molecule has 8 nitrogen and oxygen atoms in total. The van der Waals surface area contributed by atoms with Gasteiger partial charge in [-0.3, -0.25) is 14.6 Å². The minimum Gasteiger partial charge on any atom is -0.491 e. The fraction of sp³-hybridized carbons (Fsp3) is 0.579. The van der Waals surface area contributed by atoms with Crippen LogP contribution in [-0.4, -0.2) is 93.1 Å². The lowest BCUT2D eigenvalue weighted by Gasteiger charge is -2.35. The third kappa shape index (κ3) is 7.93. The summed E-state index contributed by atoms with van der Waals surface area (Å²) < 4.78 is 10.5. The summed E-state index contributed by atoms with van der Waals surface area (Å²) in [6, 6.07) is 8.88. The molecule has 0 bridgehead atoms. The summed E-state index contributed by atoms with van der Waals surface area (Å²) in [6.45, 7) is 5.36. The summed E-state index contributed by atoms with van der Waals surface area (Å²) in [5.74, 6) is 0.647. The average Bonchev–Trinajstić information content (AvgIpc) is 2.68. The number of hydrogen-bond acceptors (Lipinski definition) is 7. The Labute approximate surface area is 160 Å². The molecule has 1 aromatic carbocycles. The van der Waals surface area contributed by atoms with Crippen molar-refractivity contribution in [2.75, 3.05) is 66.1 Å². The third-order valence-electron chi connectivity index (χ3n) is 4.36. The van der Waals surface area contributed by atoms with Crippen molar-refractivity contribution in [2.24, 2.45) is 0 Å². The number of piperazine rings is 1. The Morgan fingerprint density at radius 1 is 1.26 bits per heavy atom. The zero-order chi connectivity index (χ0) is 19.5. The van der Waals surface area contributed by atoms with E-state index in [4.69, 9.17) is 14.7 Å². The second kappa shape index (κ2) is 11.5. The summed E-state index contributed by atoms with van der Waals surface area (Å²) in [5.41, 5.74) is 0.577. The van der Waals surface area contributed by atoms with Gasteiger partial charge in [0.15, 0.2) is 0 Å². The van der Waals surface area contributed by atoms with E-state index in [1.807, 2.05) is 0 Å². The smallest absolute Gasteiger partial charge is 0.234 e. The maximum Gasteiger partial charge on any atom is 0.234 e. The van der Waals surface area contributed by atoms with Crippen LogP contribution in [0.5, 0.6) is 5.75 Å². The highest BCUT2D eigenvalue weighted by Gasteiger charge is 2.20. The molecule has 1 aliphatic rings. The number of aliphatic hydroxyl groups excluding tert-OH is 1. The van der Waals surface area contributed by atoms with E-state index in [2.05, 4.69) is 21.2 Å². The summed E-state index contributed by atoms with van der Waals surface area (Å²) in [4.78, 5) is 16.1. The van der Waals surface area contributed by atoms with Gasteiger partial charge in [0.2, 0.25) is 5.91 Å². The summed E-state index contributed by atoms with van der Waals surface area (Å²) in [6.07, 6.45) is -0.593. The third-order valence-corrected chi connectivity index (χ3v) is 4.36. The van der Waals surface area contributed by atoms with Crippen LogP contribution in [0, 0.1) is 11.3 Å². The molecule has 1 atom stereocenters. The molecular formula is C19H28N4O4. The second-order valence-electron chi connectivity index (χ2n) is 6.52. The Balaban J connectivity index is 1.61. The molecule has 1 saturated heterocycles. The molecule has 0 radical (unpaired) electrons. The van der Waals surface area contributed by atoms with Crippen LogP contribution in [0.4, 0.5) is 0 Å². The normalized spacial score (nSPS) is 16.5. The number of carbonyl (C=O) groups excluding carboxylic acids is 1. The number of amides is 1. The minimum absolute atomic E-state index is 0.0105. The predicted molar refractivity (Wildman–Crippen MR) is 100 cm³/mol. The minimum atomic E-state index is -0.593. The Hall–Kier alpha value is -2.18. The quantitative estimate of drug-likeness (QED) is 0.540. The van der Waals surface area contributed by atoms with Crippen molar-refractivity contribution in [1.29, 1.82) is 5.26 Å². The Bertz CT molecular complexity index is 609. The van der Waals surface area contributed by atoms with Crippen LogP contribution >= 0.6 is 0 Å². The van der Waals surface area contributed by atoms with Gasteiger partial charge in [-0.1, -0.05) is 0 Å². The van der Waals surface area contributed by atoms with Crippen molar-refractivity contribution in [2.45, 2.75) is 6.10 Å². The predicted octanol–water partition coefficient (Wildman–Crippen LogP) is -0.322. The summed E-state index contributed by atoms with van der Waals surface area (Å²) >= 11 is 0. The number of nitriles is 1. The molecule has 27 heavy (non-hydrogen) atoms. The van der Waals surface area contributed by atoms with Crippen molar-refractivity contribution in [1.82, 2.24) is 15.1 Å². The Kier molecular flexibility index (Phi) is 9.01. The molecule has 0 saturated carbocycles. The van der Waals surface area contributed by atoms with Crippen LogP contribution in [-0.2, 0) is 9.53 Å². The first kappa shape index (κ1) is 21.1. The van der Waals surface area contributed by atoms with Crippen molar-refractivity contribution in [3.63, 3.8) is 0 Å². The number of methoxy groups -OCH3 is 1. The van der Waals surface area contributed by atoms with Gasteiger partial charge in [0.25, 0.3) is 0 Å². The number of nitrogens with zero attached hydrogens (tertiary/aromatic N) is 3. The molecule has 1 amide bonds. The average molecular weight is 376 g/mol. The molecule has 1 fully saturated rings. The van der Waals surface area contributed by atoms with E-state index in [1.165, 1.54) is 0 Å².